The molecule has 1 aliphatic rings. The normalized spacial score (nSPS) is 15.3. The van der Waals surface area contributed by atoms with E-state index in [-0.39, 0.29) is 0 Å². The quantitative estimate of drug-likeness (QED) is 0.638. The fraction of sp³-hybridized carbons (Fsp3) is 0.280. The fourth-order valence-corrected chi connectivity index (χ4v) is 3.98. The summed E-state index contributed by atoms with van der Waals surface area (Å²) in [4.78, 5) is 5.13. The van der Waals surface area contributed by atoms with Crippen LogP contribution in [0.3, 0.4) is 0 Å². The third-order valence-corrected chi connectivity index (χ3v) is 5.62. The molecule has 1 aliphatic heterocycles. The van der Waals surface area contributed by atoms with Crippen LogP contribution in [0, 0.1) is 6.92 Å². The lowest BCUT2D eigenvalue weighted by Crippen LogP contribution is -2.47. The number of aryl methyl sites for hydroxylation is 1. The maximum absolute atomic E-state index is 2.62. The minimum absolute atomic E-state index is 0.429. The molecule has 1 fully saturated rings. The van der Waals surface area contributed by atoms with Crippen molar-refractivity contribution in [3.05, 3.63) is 102 Å². The van der Waals surface area contributed by atoms with E-state index in [4.69, 9.17) is 0 Å². The zero-order valence-electron chi connectivity index (χ0n) is 16.1. The average molecular weight is 357 g/mol. The van der Waals surface area contributed by atoms with Crippen LogP contribution >= 0.6 is 0 Å². The number of piperazine rings is 1. The van der Waals surface area contributed by atoms with E-state index in [2.05, 4.69) is 102 Å². The molecule has 2 heteroatoms. The second kappa shape index (κ2) is 8.41. The predicted molar refractivity (Wildman–Crippen MR) is 115 cm³/mol. The van der Waals surface area contributed by atoms with Gasteiger partial charge in [-0.05, 0) is 30.2 Å². The molecule has 0 aromatic heterocycles. The van der Waals surface area contributed by atoms with Crippen molar-refractivity contribution in [2.75, 3.05) is 37.6 Å². The Bertz CT molecular complexity index is 780. The van der Waals surface area contributed by atoms with Crippen molar-refractivity contribution < 1.29 is 0 Å². The molecule has 138 valence electrons. The van der Waals surface area contributed by atoms with E-state index in [1.165, 1.54) is 22.4 Å². The van der Waals surface area contributed by atoms with E-state index in [1.807, 2.05) is 0 Å². The molecule has 3 aromatic carbocycles. The molecular formula is C25H28N2. The fourth-order valence-electron chi connectivity index (χ4n) is 3.98. The van der Waals surface area contributed by atoms with Crippen molar-refractivity contribution in [3.63, 3.8) is 0 Å². The molecule has 0 N–H and O–H groups in total. The van der Waals surface area contributed by atoms with Crippen LogP contribution < -0.4 is 4.90 Å². The zero-order valence-corrected chi connectivity index (χ0v) is 16.1. The van der Waals surface area contributed by atoms with E-state index in [1.54, 1.807) is 0 Å². The maximum Gasteiger partial charge on any atom is 0.0367 e. The van der Waals surface area contributed by atoms with Crippen LogP contribution in [-0.4, -0.2) is 37.6 Å². The van der Waals surface area contributed by atoms with Gasteiger partial charge in [0.15, 0.2) is 0 Å². The molecule has 0 saturated carbocycles. The molecule has 0 unspecified atom stereocenters. The molecule has 4 rings (SSSR count). The highest BCUT2D eigenvalue weighted by atomic mass is 15.3. The van der Waals surface area contributed by atoms with Gasteiger partial charge in [0.2, 0.25) is 0 Å². The van der Waals surface area contributed by atoms with Gasteiger partial charge in [0, 0.05) is 44.3 Å². The first-order valence-corrected chi connectivity index (χ1v) is 9.93. The molecule has 0 atom stereocenters. The topological polar surface area (TPSA) is 6.48 Å². The van der Waals surface area contributed by atoms with Crippen molar-refractivity contribution in [3.8, 4) is 0 Å². The van der Waals surface area contributed by atoms with Gasteiger partial charge in [-0.3, -0.25) is 4.90 Å². The van der Waals surface area contributed by atoms with Crippen molar-refractivity contribution in [1.82, 2.24) is 4.90 Å². The Kier molecular flexibility index (Phi) is 5.55. The second-order valence-corrected chi connectivity index (χ2v) is 7.50. The van der Waals surface area contributed by atoms with Crippen LogP contribution in [0.15, 0.2) is 84.9 Å². The molecular weight excluding hydrogens is 328 g/mol. The lowest BCUT2D eigenvalue weighted by molar-refractivity contribution is 0.250. The summed E-state index contributed by atoms with van der Waals surface area (Å²) in [5, 5.41) is 0. The smallest absolute Gasteiger partial charge is 0.0367 e. The van der Waals surface area contributed by atoms with Gasteiger partial charge in [-0.2, -0.15) is 0 Å². The molecule has 0 amide bonds. The van der Waals surface area contributed by atoms with Crippen molar-refractivity contribution in [2.24, 2.45) is 0 Å². The average Bonchev–Trinajstić information content (AvgIpc) is 2.74. The SMILES string of the molecule is Cc1ccc(N2CCN(CC(c3ccccc3)c3ccccc3)CC2)cc1. The van der Waals surface area contributed by atoms with E-state index < -0.39 is 0 Å². The third-order valence-electron chi connectivity index (χ3n) is 5.62. The number of hydrogen-bond donors (Lipinski definition) is 0. The summed E-state index contributed by atoms with van der Waals surface area (Å²) in [7, 11) is 0. The molecule has 1 heterocycles. The highest BCUT2D eigenvalue weighted by molar-refractivity contribution is 5.48. The van der Waals surface area contributed by atoms with Gasteiger partial charge in [0.1, 0.15) is 0 Å². The van der Waals surface area contributed by atoms with Crippen LogP contribution in [0.1, 0.15) is 22.6 Å². The van der Waals surface area contributed by atoms with Gasteiger partial charge in [-0.25, -0.2) is 0 Å². The highest BCUT2D eigenvalue weighted by Gasteiger charge is 2.22. The molecule has 0 radical (unpaired) electrons. The zero-order chi connectivity index (χ0) is 18.5. The first-order valence-electron chi connectivity index (χ1n) is 9.93. The summed E-state index contributed by atoms with van der Waals surface area (Å²) in [6.45, 7) is 7.65. The van der Waals surface area contributed by atoms with E-state index >= 15 is 0 Å². The summed E-state index contributed by atoms with van der Waals surface area (Å²) in [6.07, 6.45) is 0. The van der Waals surface area contributed by atoms with Crippen molar-refractivity contribution in [2.45, 2.75) is 12.8 Å². The Balaban J connectivity index is 1.44. The Hall–Kier alpha value is -2.58. The monoisotopic (exact) mass is 356 g/mol. The van der Waals surface area contributed by atoms with Crippen molar-refractivity contribution in [1.29, 1.82) is 0 Å². The van der Waals surface area contributed by atoms with Gasteiger partial charge in [-0.1, -0.05) is 78.4 Å². The molecule has 27 heavy (non-hydrogen) atoms. The number of rotatable bonds is 5. The van der Waals surface area contributed by atoms with Crippen LogP contribution in [0.4, 0.5) is 5.69 Å². The molecule has 0 bridgehead atoms. The lowest BCUT2D eigenvalue weighted by Gasteiger charge is -2.38. The van der Waals surface area contributed by atoms with Crippen LogP contribution in [0.5, 0.6) is 0 Å². The number of hydrogen-bond acceptors (Lipinski definition) is 2. The van der Waals surface area contributed by atoms with Gasteiger partial charge >= 0.3 is 0 Å². The van der Waals surface area contributed by atoms with E-state index in [0.717, 1.165) is 32.7 Å². The van der Waals surface area contributed by atoms with Crippen LogP contribution in [0.25, 0.3) is 0 Å². The van der Waals surface area contributed by atoms with E-state index in [9.17, 15) is 0 Å². The summed E-state index contributed by atoms with van der Waals surface area (Å²) in [6, 6.07) is 30.8. The van der Waals surface area contributed by atoms with Gasteiger partial charge < -0.3 is 4.90 Å². The minimum Gasteiger partial charge on any atom is -0.369 e. The molecule has 2 nitrogen and oxygen atoms in total. The number of benzene rings is 3. The first-order chi connectivity index (χ1) is 13.3. The summed E-state index contributed by atoms with van der Waals surface area (Å²) >= 11 is 0. The standard InChI is InChI=1S/C25H28N2/c1-21-12-14-24(15-13-21)27-18-16-26(17-19-27)20-25(22-8-4-2-5-9-22)23-10-6-3-7-11-23/h2-15,25H,16-20H2,1H3. The second-order valence-electron chi connectivity index (χ2n) is 7.50. The third kappa shape index (κ3) is 4.40. The van der Waals surface area contributed by atoms with Crippen LogP contribution in [-0.2, 0) is 0 Å². The molecule has 0 spiro atoms. The van der Waals surface area contributed by atoms with Gasteiger partial charge in [-0.15, -0.1) is 0 Å². The maximum atomic E-state index is 2.62. The lowest BCUT2D eigenvalue weighted by atomic mass is 9.90. The van der Waals surface area contributed by atoms with E-state index in [0.29, 0.717) is 5.92 Å². The van der Waals surface area contributed by atoms with Gasteiger partial charge in [0.25, 0.3) is 0 Å². The van der Waals surface area contributed by atoms with Gasteiger partial charge in [0.05, 0.1) is 0 Å². The Morgan fingerprint density at radius 1 is 0.667 bits per heavy atom. The Morgan fingerprint density at radius 3 is 1.70 bits per heavy atom. The van der Waals surface area contributed by atoms with Crippen molar-refractivity contribution >= 4 is 5.69 Å². The number of nitrogens with zero attached hydrogens (tertiary/aromatic N) is 2. The summed E-state index contributed by atoms with van der Waals surface area (Å²) in [5.41, 5.74) is 5.49. The summed E-state index contributed by atoms with van der Waals surface area (Å²) in [5.74, 6) is 0.429. The summed E-state index contributed by atoms with van der Waals surface area (Å²) < 4.78 is 0. The largest absolute Gasteiger partial charge is 0.369 e. The Labute approximate surface area is 163 Å². The highest BCUT2D eigenvalue weighted by Crippen LogP contribution is 2.26. The predicted octanol–water partition coefficient (Wildman–Crippen LogP) is 4.95. The molecule has 3 aromatic rings. The number of anilines is 1. The van der Waals surface area contributed by atoms with Crippen LogP contribution in [0.2, 0.25) is 0 Å². The Morgan fingerprint density at radius 2 is 1.19 bits per heavy atom. The molecule has 0 aliphatic carbocycles. The minimum atomic E-state index is 0.429. The molecule has 1 saturated heterocycles. The first kappa shape index (κ1) is 17.8.